The fourth-order valence-electron chi connectivity index (χ4n) is 3.64. The van der Waals surface area contributed by atoms with E-state index in [0.29, 0.717) is 13.1 Å². The van der Waals surface area contributed by atoms with Gasteiger partial charge in [0, 0.05) is 38.1 Å². The molecule has 5 nitrogen and oxygen atoms in total. The molecule has 134 valence electrons. The van der Waals surface area contributed by atoms with E-state index in [2.05, 4.69) is 0 Å². The minimum atomic E-state index is -0.0334. The molecule has 2 amide bonds. The minimum absolute atomic E-state index is 0. The van der Waals surface area contributed by atoms with Gasteiger partial charge in [-0.15, -0.1) is 12.4 Å². The molecule has 2 fully saturated rings. The van der Waals surface area contributed by atoms with E-state index in [9.17, 15) is 9.59 Å². The Morgan fingerprint density at radius 1 is 1.17 bits per heavy atom. The molecule has 3 unspecified atom stereocenters. The van der Waals surface area contributed by atoms with E-state index < -0.39 is 0 Å². The zero-order chi connectivity index (χ0) is 16.1. The number of likely N-dealkylation sites (tertiary alicyclic amines) is 2. The molecule has 2 N–H and O–H groups in total. The molecule has 3 atom stereocenters. The summed E-state index contributed by atoms with van der Waals surface area (Å²) in [6.07, 6.45) is 5.94. The van der Waals surface area contributed by atoms with Crippen LogP contribution in [0.4, 0.5) is 0 Å². The number of rotatable bonds is 4. The molecule has 2 aliphatic heterocycles. The highest BCUT2D eigenvalue weighted by molar-refractivity contribution is 5.85. The fourth-order valence-corrected chi connectivity index (χ4v) is 3.64. The lowest BCUT2D eigenvalue weighted by molar-refractivity contribution is -0.144. The van der Waals surface area contributed by atoms with Crippen LogP contribution in [0.3, 0.4) is 0 Å². The SMILES string of the molecule is CCC(C)C(=O)N1CCCC(C(=O)N2CCCCC2CN)C1.Cl. The maximum absolute atomic E-state index is 12.9. The van der Waals surface area contributed by atoms with E-state index >= 15 is 0 Å². The Balaban J connectivity index is 0.00000264. The molecule has 6 heteroatoms. The van der Waals surface area contributed by atoms with E-state index in [1.165, 1.54) is 0 Å². The van der Waals surface area contributed by atoms with Crippen molar-refractivity contribution in [3.05, 3.63) is 0 Å². The monoisotopic (exact) mass is 345 g/mol. The van der Waals surface area contributed by atoms with Gasteiger partial charge in [0.15, 0.2) is 0 Å². The minimum Gasteiger partial charge on any atom is -0.342 e. The number of piperidine rings is 2. The smallest absolute Gasteiger partial charge is 0.227 e. The van der Waals surface area contributed by atoms with E-state index in [1.807, 2.05) is 23.6 Å². The summed E-state index contributed by atoms with van der Waals surface area (Å²) in [5.41, 5.74) is 5.84. The predicted octanol–water partition coefficient (Wildman–Crippen LogP) is 2.03. The van der Waals surface area contributed by atoms with Crippen molar-refractivity contribution >= 4 is 24.2 Å². The predicted molar refractivity (Wildman–Crippen MR) is 94.4 cm³/mol. The van der Waals surface area contributed by atoms with Crippen LogP contribution in [0.25, 0.3) is 0 Å². The van der Waals surface area contributed by atoms with Gasteiger partial charge in [-0.1, -0.05) is 13.8 Å². The number of carbonyl (C=O) groups excluding carboxylic acids is 2. The molecule has 0 radical (unpaired) electrons. The van der Waals surface area contributed by atoms with E-state index in [0.717, 1.165) is 51.6 Å². The van der Waals surface area contributed by atoms with Gasteiger partial charge in [-0.3, -0.25) is 9.59 Å². The first-order valence-corrected chi connectivity index (χ1v) is 8.87. The number of nitrogens with two attached hydrogens (primary N) is 1. The second-order valence-electron chi connectivity index (χ2n) is 6.85. The van der Waals surface area contributed by atoms with Gasteiger partial charge in [0.05, 0.1) is 5.92 Å². The first-order chi connectivity index (χ1) is 10.6. The Morgan fingerprint density at radius 3 is 2.57 bits per heavy atom. The maximum Gasteiger partial charge on any atom is 0.227 e. The molecular weight excluding hydrogens is 314 g/mol. The zero-order valence-corrected chi connectivity index (χ0v) is 15.3. The van der Waals surface area contributed by atoms with Gasteiger partial charge in [-0.25, -0.2) is 0 Å². The molecule has 0 aliphatic carbocycles. The second kappa shape index (κ2) is 9.48. The van der Waals surface area contributed by atoms with Crippen LogP contribution < -0.4 is 5.73 Å². The van der Waals surface area contributed by atoms with E-state index in [-0.39, 0.29) is 42.1 Å². The van der Waals surface area contributed by atoms with Crippen molar-refractivity contribution in [1.82, 2.24) is 9.80 Å². The highest BCUT2D eigenvalue weighted by Crippen LogP contribution is 2.25. The molecule has 2 saturated heterocycles. The van der Waals surface area contributed by atoms with Gasteiger partial charge in [0.2, 0.25) is 11.8 Å². The Kier molecular flexibility index (Phi) is 8.34. The van der Waals surface area contributed by atoms with Crippen molar-refractivity contribution in [2.75, 3.05) is 26.2 Å². The molecule has 0 aromatic carbocycles. The van der Waals surface area contributed by atoms with Crippen molar-refractivity contribution in [2.45, 2.75) is 58.4 Å². The van der Waals surface area contributed by atoms with Gasteiger partial charge in [0.1, 0.15) is 0 Å². The van der Waals surface area contributed by atoms with Crippen LogP contribution in [-0.4, -0.2) is 53.8 Å². The number of halogens is 1. The number of amides is 2. The van der Waals surface area contributed by atoms with Gasteiger partial charge in [0.25, 0.3) is 0 Å². The lowest BCUT2D eigenvalue weighted by atomic mass is 9.92. The summed E-state index contributed by atoms with van der Waals surface area (Å²) in [5, 5.41) is 0. The van der Waals surface area contributed by atoms with Crippen LogP contribution in [0.15, 0.2) is 0 Å². The lowest BCUT2D eigenvalue weighted by Crippen LogP contribution is -2.53. The normalized spacial score (nSPS) is 26.4. The molecule has 0 saturated carbocycles. The summed E-state index contributed by atoms with van der Waals surface area (Å²) >= 11 is 0. The zero-order valence-electron chi connectivity index (χ0n) is 14.5. The third-order valence-corrected chi connectivity index (χ3v) is 5.30. The average molecular weight is 346 g/mol. The summed E-state index contributed by atoms with van der Waals surface area (Å²) in [5.74, 6) is 0.445. The van der Waals surface area contributed by atoms with Crippen LogP contribution in [0.2, 0.25) is 0 Å². The Morgan fingerprint density at radius 2 is 1.91 bits per heavy atom. The second-order valence-corrected chi connectivity index (χ2v) is 6.85. The van der Waals surface area contributed by atoms with Crippen molar-refractivity contribution in [3.8, 4) is 0 Å². The average Bonchev–Trinajstić information content (AvgIpc) is 2.59. The third kappa shape index (κ3) is 4.83. The van der Waals surface area contributed by atoms with Crippen LogP contribution >= 0.6 is 12.4 Å². The molecule has 0 bridgehead atoms. The third-order valence-electron chi connectivity index (χ3n) is 5.30. The van der Waals surface area contributed by atoms with Crippen molar-refractivity contribution < 1.29 is 9.59 Å². The Labute approximate surface area is 146 Å². The quantitative estimate of drug-likeness (QED) is 0.847. The summed E-state index contributed by atoms with van der Waals surface area (Å²) in [7, 11) is 0. The standard InChI is InChI=1S/C17H31N3O2.ClH/c1-3-13(2)16(21)19-9-6-7-14(12-19)17(22)20-10-5-4-8-15(20)11-18;/h13-15H,3-12,18H2,1-2H3;1H. The molecule has 0 aromatic heterocycles. The largest absolute Gasteiger partial charge is 0.342 e. The van der Waals surface area contributed by atoms with Crippen molar-refractivity contribution in [2.24, 2.45) is 17.6 Å². The highest BCUT2D eigenvalue weighted by Gasteiger charge is 2.35. The molecule has 2 heterocycles. The molecule has 23 heavy (non-hydrogen) atoms. The highest BCUT2D eigenvalue weighted by atomic mass is 35.5. The van der Waals surface area contributed by atoms with Crippen molar-refractivity contribution in [1.29, 1.82) is 0 Å². The Hall–Kier alpha value is -0.810. The number of hydrogen-bond donors (Lipinski definition) is 1. The topological polar surface area (TPSA) is 66.6 Å². The van der Waals surface area contributed by atoms with Crippen molar-refractivity contribution in [3.63, 3.8) is 0 Å². The maximum atomic E-state index is 12.9. The molecule has 2 aliphatic rings. The molecule has 0 aromatic rings. The number of carbonyl (C=O) groups is 2. The summed E-state index contributed by atoms with van der Waals surface area (Å²) < 4.78 is 0. The van der Waals surface area contributed by atoms with Gasteiger partial charge >= 0.3 is 0 Å². The first kappa shape index (κ1) is 20.2. The molecular formula is C17H32ClN3O2. The first-order valence-electron chi connectivity index (χ1n) is 8.87. The van der Waals surface area contributed by atoms with Crippen LogP contribution in [-0.2, 0) is 9.59 Å². The summed E-state index contributed by atoms with van der Waals surface area (Å²) in [6.45, 7) is 6.78. The number of hydrogen-bond acceptors (Lipinski definition) is 3. The van der Waals surface area contributed by atoms with Gasteiger partial charge in [-0.05, 0) is 38.5 Å². The summed E-state index contributed by atoms with van der Waals surface area (Å²) in [4.78, 5) is 29.1. The van der Waals surface area contributed by atoms with E-state index in [4.69, 9.17) is 5.73 Å². The van der Waals surface area contributed by atoms with E-state index in [1.54, 1.807) is 0 Å². The van der Waals surface area contributed by atoms with Crippen LogP contribution in [0.1, 0.15) is 52.4 Å². The summed E-state index contributed by atoms with van der Waals surface area (Å²) in [6, 6.07) is 0.196. The Bertz CT molecular complexity index is 405. The fraction of sp³-hybridized carbons (Fsp3) is 0.882. The van der Waals surface area contributed by atoms with Crippen LogP contribution in [0.5, 0.6) is 0 Å². The van der Waals surface area contributed by atoms with Crippen LogP contribution in [0, 0.1) is 11.8 Å². The molecule has 0 spiro atoms. The van der Waals surface area contributed by atoms with Gasteiger partial charge < -0.3 is 15.5 Å². The number of nitrogens with zero attached hydrogens (tertiary/aromatic N) is 2. The molecule has 2 rings (SSSR count). The lowest BCUT2D eigenvalue weighted by Gasteiger charge is -2.40. The van der Waals surface area contributed by atoms with Gasteiger partial charge in [-0.2, -0.15) is 0 Å².